The number of furan rings is 2. The highest BCUT2D eigenvalue weighted by molar-refractivity contribution is 6.24. The van der Waals surface area contributed by atoms with E-state index in [9.17, 15) is 54.7 Å². The maximum absolute atomic E-state index is 11.0. The standard InChI is InChI=1S/2C21H24O2.C19H28O3.C19H26O2.2C19H28O2.C6H3BF.C6H2BF.CH4/c2*1-5-6-7-8-15-11-17(22)20-18(12-15)23-21-14(4)9-10-16(13(2)3)19(20)21;1-5-6-12-9-14(20)17-15(10-12)22-18-11(2)7-8-13(16(17)18)19(3,4)21;1-5-7-15-12-17(20)16-9-11-19(4,21-18(16)13-15)10-6-8-14(2)3;2*1-5-7-16-12-18(20)17(19(21)13-16)11-10-15(4)9-6-8-14(2)3;2*1-6(7)4-2-3-5-8;/h2*9-12,22H,2,5-8H2,1,3-4H3;9-11,13,16,18,20-21H,5-8H2,1-4H3;8-9,11-13,20H,5-7,10H2,1-4H3;2*8,10,12-13,20-21H,5-7,9,11H2,1-4H3;7H,1H2;1H2;1H4/b;;;;2*15-10+;;;/i;;;;;;7D;;. The number of aryl methyl sites for hydroxylation is 8. The number of fused-ring (bicyclic) bond motifs is 10. The number of rotatable bonds is 33. The van der Waals surface area contributed by atoms with Gasteiger partial charge in [0, 0.05) is 45.2 Å². The van der Waals surface area contributed by atoms with Crippen molar-refractivity contribution < 1.29 is 73.0 Å². The normalized spacial score (nSPS) is 14.8. The van der Waals surface area contributed by atoms with Gasteiger partial charge in [-0.25, -0.2) is 0 Å². The molecule has 3 aliphatic rings. The number of halogens is 2. The summed E-state index contributed by atoms with van der Waals surface area (Å²) in [7, 11) is 5.95. The number of allylic oxidation sites excluding steroid dienone is 14. The summed E-state index contributed by atoms with van der Waals surface area (Å²) >= 11 is 0. The Labute approximate surface area is 889 Å². The summed E-state index contributed by atoms with van der Waals surface area (Å²) in [4.78, 5) is 0. The van der Waals surface area contributed by atoms with Gasteiger partial charge in [0.15, 0.2) is 0 Å². The molecule has 1 fully saturated rings. The van der Waals surface area contributed by atoms with E-state index < -0.39 is 5.60 Å². The summed E-state index contributed by atoms with van der Waals surface area (Å²) in [6.45, 7) is 60.5. The zero-order valence-electron chi connectivity index (χ0n) is 92.9. The maximum Gasteiger partial charge on any atom is 0.140 e. The molecule has 1 saturated carbocycles. The molecule has 9 N–H and O–H groups in total. The van der Waals surface area contributed by atoms with Gasteiger partial charge >= 0.3 is 0 Å². The quantitative estimate of drug-likeness (QED) is 0.00808. The fourth-order valence-electron chi connectivity index (χ4n) is 18.4. The van der Waals surface area contributed by atoms with Crippen molar-refractivity contribution >= 4 is 76.8 Å². The van der Waals surface area contributed by atoms with E-state index in [0.29, 0.717) is 58.4 Å². The minimum absolute atomic E-state index is 0. The molecule has 10 aromatic rings. The van der Waals surface area contributed by atoms with Gasteiger partial charge in [0.1, 0.15) is 120 Å². The Balaban J connectivity index is 0.000000304. The van der Waals surface area contributed by atoms with E-state index in [1.54, 1.807) is 24.3 Å². The highest BCUT2D eigenvalue weighted by atomic mass is 19.1. The highest BCUT2D eigenvalue weighted by Gasteiger charge is 2.51. The van der Waals surface area contributed by atoms with Crippen LogP contribution in [0.15, 0.2) is 207 Å². The Hall–Kier alpha value is -13.1. The Morgan fingerprint density at radius 1 is 0.493 bits per heavy atom. The van der Waals surface area contributed by atoms with Crippen LogP contribution in [0.1, 0.15) is 345 Å². The predicted molar refractivity (Wildman–Crippen MR) is 623 cm³/mol. The molecule has 1 aliphatic carbocycles. The first-order chi connectivity index (χ1) is 70.3. The van der Waals surface area contributed by atoms with Gasteiger partial charge in [0.2, 0.25) is 0 Å². The van der Waals surface area contributed by atoms with Crippen molar-refractivity contribution in [2.24, 2.45) is 11.8 Å². The second kappa shape index (κ2) is 62.3. The third kappa shape index (κ3) is 38.9. The summed E-state index contributed by atoms with van der Waals surface area (Å²) in [6, 6.07) is 31.1. The zero-order chi connectivity index (χ0) is 110. The number of aromatic hydroxyl groups is 8. The second-order valence-electron chi connectivity index (χ2n) is 40.8. The minimum atomic E-state index is -0.761. The first kappa shape index (κ1) is 124. The summed E-state index contributed by atoms with van der Waals surface area (Å²) in [5.74, 6) is 17.0. The molecular formula is C131H167B2F2O13. The molecular weight excluding hydrogens is 1840 g/mol. The van der Waals surface area contributed by atoms with Crippen LogP contribution < -0.4 is 9.47 Å². The number of hydrogen-bond donors (Lipinski definition) is 9. The molecule has 0 spiro atoms. The molecule has 5 atom stereocenters. The van der Waals surface area contributed by atoms with Gasteiger partial charge in [-0.1, -0.05) is 250 Å². The van der Waals surface area contributed by atoms with E-state index in [0.717, 1.165) is 282 Å². The number of phenols is 8. The lowest BCUT2D eigenvalue weighted by Crippen LogP contribution is -2.45. The Morgan fingerprint density at radius 3 is 1.28 bits per heavy atom. The smallest absolute Gasteiger partial charge is 0.140 e. The van der Waals surface area contributed by atoms with Crippen LogP contribution in [0.3, 0.4) is 0 Å². The van der Waals surface area contributed by atoms with E-state index in [4.69, 9.17) is 27.5 Å². The number of unbranched alkanes of at least 4 members (excludes halogenated alkanes) is 4. The van der Waals surface area contributed by atoms with Gasteiger partial charge < -0.3 is 64.3 Å². The number of benzene rings is 8. The van der Waals surface area contributed by atoms with Gasteiger partial charge in [-0.15, -0.1) is 8.78 Å². The van der Waals surface area contributed by atoms with Crippen molar-refractivity contribution in [2.45, 2.75) is 350 Å². The highest BCUT2D eigenvalue weighted by Crippen LogP contribution is 2.57. The molecule has 4 heterocycles. The molecule has 2 aliphatic heterocycles. The van der Waals surface area contributed by atoms with Crippen LogP contribution >= 0.6 is 0 Å². The maximum atomic E-state index is 11.0. The van der Waals surface area contributed by atoms with Crippen LogP contribution in [0.2, 0.25) is 0 Å². The molecule has 0 amide bonds. The van der Waals surface area contributed by atoms with E-state index >= 15 is 0 Å². The molecule has 0 saturated heterocycles. The van der Waals surface area contributed by atoms with Gasteiger partial charge in [-0.05, 0) is 385 Å². The average molecular weight is 2010 g/mol. The molecule has 8 aromatic carbocycles. The second-order valence-corrected chi connectivity index (χ2v) is 40.8. The van der Waals surface area contributed by atoms with Gasteiger partial charge in [-0.2, -0.15) is 0 Å². The van der Waals surface area contributed by atoms with E-state index in [2.05, 4.69) is 234 Å². The largest absolute Gasteiger partial charge is 0.508 e. The monoisotopic (exact) mass is 2010 g/mol. The molecule has 13 rings (SSSR count). The van der Waals surface area contributed by atoms with E-state index in [-0.39, 0.29) is 59.4 Å². The fourth-order valence-corrected chi connectivity index (χ4v) is 18.4. The number of aliphatic hydroxyl groups is 1. The number of phenolic OH excluding ortho intramolecular Hbond substituents is 8. The molecule has 789 valence electrons. The molecule has 3 radical (unpaired) electrons. The predicted octanol–water partition coefficient (Wildman–Crippen LogP) is 34.1. The summed E-state index contributed by atoms with van der Waals surface area (Å²) in [5.41, 5.74) is 24.9. The van der Waals surface area contributed by atoms with Crippen LogP contribution in [0.5, 0.6) is 57.5 Å². The van der Waals surface area contributed by atoms with Gasteiger partial charge in [0.25, 0.3) is 0 Å². The van der Waals surface area contributed by atoms with Crippen molar-refractivity contribution in [3.63, 3.8) is 0 Å². The topological polar surface area (TPSA) is 227 Å². The Kier molecular flexibility index (Phi) is 52.0. The Bertz CT molecular complexity index is 6380. The van der Waals surface area contributed by atoms with Crippen LogP contribution in [0.4, 0.5) is 8.78 Å². The SMILES string of the molecule is C.C=C(C)c1ccc(C)c2oc3cc(CCCCC)cc(O)c3c12.C=C(C)c1ccc(C)c2oc3cc(CCCCC)cc(O)c3c12.CCCc1cc(O)c(C/C=C(\C)CCC=C(C)C)c(O)c1.CCCc1cc(O)c(C/C=C(\C)CCC=C(C)C)c(O)c1.CCCc1cc(O)c2c(c1)OC(C)(CCC=C(C)C)C=C2.CCCc1cc(O)c2c(c1)OC1C(C)CCC(C(C)(C)O)C21.[2H][B]C(=C)C#CC#CF.[B]C(=C)C#CC#CF. The molecule has 13 nitrogen and oxygen atoms in total. The first-order valence-corrected chi connectivity index (χ1v) is 52.3. The minimum Gasteiger partial charge on any atom is -0.508 e. The van der Waals surface area contributed by atoms with Crippen molar-refractivity contribution in [1.29, 1.82) is 1.34 Å². The Morgan fingerprint density at radius 2 is 0.885 bits per heavy atom. The van der Waals surface area contributed by atoms with Gasteiger partial charge in [-0.3, -0.25) is 0 Å². The third-order valence-electron chi connectivity index (χ3n) is 26.1. The number of hydrogen-bond acceptors (Lipinski definition) is 13. The van der Waals surface area contributed by atoms with E-state index in [1.807, 2.05) is 95.9 Å². The van der Waals surface area contributed by atoms with E-state index in [1.165, 1.54) is 53.5 Å². The summed E-state index contributed by atoms with van der Waals surface area (Å²) < 4.78 is 53.1. The molecule has 0 bridgehead atoms. The van der Waals surface area contributed by atoms with Crippen molar-refractivity contribution in [1.82, 2.24) is 0 Å². The number of ether oxygens (including phenoxy) is 2. The van der Waals surface area contributed by atoms with Crippen LogP contribution in [0, 0.1) is 73.6 Å². The fraction of sp³-hybridized carbons (Fsp3) is 0.420. The lowest BCUT2D eigenvalue weighted by atomic mass is 9.65. The molecule has 2 aromatic heterocycles. The average Bonchev–Trinajstić information content (AvgIpc) is 1.60. The van der Waals surface area contributed by atoms with Crippen LogP contribution in [0.25, 0.3) is 61.1 Å². The molecule has 148 heavy (non-hydrogen) atoms. The zero-order valence-corrected chi connectivity index (χ0v) is 91.9. The van der Waals surface area contributed by atoms with Crippen molar-refractivity contribution in [3.05, 3.63) is 277 Å². The third-order valence-corrected chi connectivity index (χ3v) is 26.1. The molecule has 5 unspecified atom stereocenters. The lowest BCUT2D eigenvalue weighted by molar-refractivity contribution is -0.0432. The van der Waals surface area contributed by atoms with Crippen molar-refractivity contribution in [3.8, 4) is 105 Å². The van der Waals surface area contributed by atoms with Crippen LogP contribution in [-0.4, -0.2) is 80.3 Å². The first-order valence-electron chi connectivity index (χ1n) is 52.9. The summed E-state index contributed by atoms with van der Waals surface area (Å²) in [6.07, 6.45) is 43.2. The van der Waals surface area contributed by atoms with Crippen LogP contribution in [-0.2, 0) is 51.4 Å². The lowest BCUT2D eigenvalue weighted by Gasteiger charge is -2.42. The van der Waals surface area contributed by atoms with Gasteiger partial charge in [0.05, 0.1) is 21.9 Å². The van der Waals surface area contributed by atoms with Crippen molar-refractivity contribution in [2.75, 3.05) is 0 Å². The summed E-state index contributed by atoms with van der Waals surface area (Å²) in [5, 5.41) is 96.3. The molecule has 17 heteroatoms.